The first kappa shape index (κ1) is 42.8. The van der Waals surface area contributed by atoms with E-state index in [1.807, 2.05) is 0 Å². The van der Waals surface area contributed by atoms with E-state index in [0.717, 1.165) is 7.11 Å². The van der Waals surface area contributed by atoms with Crippen LogP contribution in [0.4, 0.5) is 58.4 Å². The van der Waals surface area contributed by atoms with Crippen molar-refractivity contribution in [3.63, 3.8) is 0 Å². The van der Waals surface area contributed by atoms with Crippen molar-refractivity contribution in [3.8, 4) is 23.9 Å². The van der Waals surface area contributed by atoms with Gasteiger partial charge in [-0.05, 0) is 24.3 Å². The van der Waals surface area contributed by atoms with Crippen LogP contribution in [0.1, 0.15) is 28.1 Å². The first-order valence-corrected chi connectivity index (χ1v) is 14.4. The van der Waals surface area contributed by atoms with Crippen molar-refractivity contribution < 1.29 is 62.2 Å². The highest BCUT2D eigenvalue weighted by Gasteiger charge is 2.56. The van der Waals surface area contributed by atoms with Crippen molar-refractivity contribution in [2.75, 3.05) is 12.1 Å². The third kappa shape index (κ3) is 8.46. The molecule has 282 valence electrons. The van der Waals surface area contributed by atoms with Crippen LogP contribution >= 0.6 is 46.4 Å². The van der Waals surface area contributed by atoms with Crippen LogP contribution in [-0.2, 0) is 28.1 Å². The Labute approximate surface area is 306 Å². The quantitative estimate of drug-likeness (QED) is 0.155. The molecule has 2 heterocycles. The lowest BCUT2D eigenvalue weighted by Gasteiger charge is -2.32. The highest BCUT2D eigenvalue weighted by Crippen LogP contribution is 2.47. The van der Waals surface area contributed by atoms with Crippen LogP contribution in [0.2, 0.25) is 20.1 Å². The Morgan fingerprint density at radius 3 is 1.51 bits per heavy atom. The van der Waals surface area contributed by atoms with E-state index in [0.29, 0.717) is 34.0 Å². The summed E-state index contributed by atoms with van der Waals surface area (Å²) in [4.78, 5) is 12.0. The molecular weight excluding hydrogens is 838 g/mol. The highest BCUT2D eigenvalue weighted by atomic mass is 35.5. The predicted octanol–water partition coefficient (Wildman–Crippen LogP) is 8.76. The summed E-state index contributed by atoms with van der Waals surface area (Å²) >= 11 is 23.0. The number of anilines is 1. The van der Waals surface area contributed by atoms with Crippen LogP contribution in [-0.4, -0.2) is 40.2 Å². The monoisotopic (exact) mass is 846 g/mol. The van der Waals surface area contributed by atoms with Crippen molar-refractivity contribution in [1.29, 1.82) is 15.8 Å². The van der Waals surface area contributed by atoms with Gasteiger partial charge in [0.1, 0.15) is 23.4 Å². The number of aromatic nitrogens is 2. The minimum atomic E-state index is -5.13. The van der Waals surface area contributed by atoms with Crippen molar-refractivity contribution in [2.45, 2.75) is 30.7 Å². The molecule has 1 aliphatic heterocycles. The second-order valence-corrected chi connectivity index (χ2v) is 11.4. The van der Waals surface area contributed by atoms with Gasteiger partial charge in [-0.25, -0.2) is 20.3 Å². The van der Waals surface area contributed by atoms with E-state index in [2.05, 4.69) is 9.84 Å². The fourth-order valence-corrected chi connectivity index (χ4v) is 5.70. The Morgan fingerprint density at radius 1 is 0.755 bits per heavy atom. The van der Waals surface area contributed by atoms with E-state index in [-0.39, 0.29) is 5.12 Å². The smallest absolute Gasteiger partial charge is 0.436 e. The van der Waals surface area contributed by atoms with Gasteiger partial charge in [0.25, 0.3) is 0 Å². The minimum Gasteiger partial charge on any atom is -0.464 e. The van der Waals surface area contributed by atoms with E-state index in [1.54, 1.807) is 0 Å². The molecule has 0 aliphatic carbocycles. The molecule has 0 saturated heterocycles. The zero-order valence-corrected chi connectivity index (χ0v) is 28.0. The number of nitrogens with two attached hydrogens (primary N) is 1. The van der Waals surface area contributed by atoms with E-state index < -0.39 is 108 Å². The molecule has 4 rings (SSSR count). The van der Waals surface area contributed by atoms with Crippen molar-refractivity contribution in [1.82, 2.24) is 14.9 Å². The zero-order chi connectivity index (χ0) is 40.8. The number of hydrogen-bond donors (Lipinski definition) is 1. The molecule has 0 bridgehead atoms. The lowest BCUT2D eigenvalue weighted by atomic mass is 10.1. The van der Waals surface area contributed by atoms with E-state index in [1.165, 1.54) is 18.2 Å². The minimum absolute atomic E-state index is 0.0782. The summed E-state index contributed by atoms with van der Waals surface area (Å²) in [6, 6.07) is 2.59. The number of esters is 1. The Morgan fingerprint density at radius 2 is 1.19 bits per heavy atom. The van der Waals surface area contributed by atoms with Gasteiger partial charge in [0.15, 0.2) is 23.1 Å². The number of carbonyl (C=O) groups excluding carboxylic acids is 1. The number of nitrogens with zero attached hydrogens (tertiary/aromatic N) is 7. The molecule has 0 fully saturated rings. The first-order chi connectivity index (χ1) is 24.2. The van der Waals surface area contributed by atoms with Crippen LogP contribution < -0.4 is 10.9 Å². The van der Waals surface area contributed by atoms with Gasteiger partial charge >= 0.3 is 30.7 Å². The number of hydrazine groups is 2. The number of methoxy groups -OCH3 is 1. The second-order valence-electron chi connectivity index (χ2n) is 9.78. The SMILES string of the molecule is COC(=O)C1=C(C#N)C(C(F)(F)F)N(N)N1c1c(Cl)cc(C(F)(F)F)cc1Cl.N#Cc1c(C(F)(F)F)nn(-c2c(Cl)cc(C(F)(F)F)cc2Cl)c1C#N. The van der Waals surface area contributed by atoms with Gasteiger partial charge in [-0.2, -0.15) is 73.6 Å². The molecule has 1 atom stereocenters. The number of ether oxygens (including phenoxy) is 1. The molecule has 53 heavy (non-hydrogen) atoms. The van der Waals surface area contributed by atoms with Gasteiger partial charge in [-0.1, -0.05) is 46.4 Å². The van der Waals surface area contributed by atoms with E-state index in [4.69, 9.17) is 68.0 Å². The molecular formula is C27H10Cl4F12N8O2. The van der Waals surface area contributed by atoms with Crippen molar-refractivity contribution in [2.24, 2.45) is 5.84 Å². The molecule has 1 aliphatic rings. The Kier molecular flexibility index (Phi) is 12.1. The summed E-state index contributed by atoms with van der Waals surface area (Å²) in [6.07, 6.45) is -19.9. The Hall–Kier alpha value is -4.63. The molecule has 10 nitrogen and oxygen atoms in total. The van der Waals surface area contributed by atoms with Gasteiger partial charge < -0.3 is 4.74 Å². The number of alkyl halides is 12. The summed E-state index contributed by atoms with van der Waals surface area (Å²) in [6.45, 7) is 0. The maximum Gasteiger partial charge on any atom is 0.436 e. The molecule has 0 radical (unpaired) electrons. The summed E-state index contributed by atoms with van der Waals surface area (Å²) in [7, 11) is 0.820. The van der Waals surface area contributed by atoms with Crippen molar-refractivity contribution >= 4 is 58.1 Å². The lowest BCUT2D eigenvalue weighted by Crippen LogP contribution is -2.54. The van der Waals surface area contributed by atoms with Crippen LogP contribution in [0, 0.1) is 34.0 Å². The predicted molar refractivity (Wildman–Crippen MR) is 157 cm³/mol. The Bertz CT molecular complexity index is 2080. The molecule has 2 N–H and O–H groups in total. The molecule has 0 amide bonds. The van der Waals surface area contributed by atoms with E-state index in [9.17, 15) is 57.5 Å². The number of carbonyl (C=O) groups is 1. The third-order valence-electron chi connectivity index (χ3n) is 6.53. The number of hydrogen-bond acceptors (Lipinski definition) is 9. The van der Waals surface area contributed by atoms with Crippen molar-refractivity contribution in [3.05, 3.63) is 83.7 Å². The first-order valence-electron chi connectivity index (χ1n) is 12.9. The fraction of sp³-hybridized carbons (Fsp3) is 0.222. The lowest BCUT2D eigenvalue weighted by molar-refractivity contribution is -0.170. The average Bonchev–Trinajstić information content (AvgIpc) is 3.54. The Balaban J connectivity index is 0.000000287. The normalized spacial score (nSPS) is 15.4. The number of benzene rings is 2. The number of nitriles is 3. The molecule has 1 aromatic heterocycles. The van der Waals surface area contributed by atoms with E-state index >= 15 is 0 Å². The molecule has 1 unspecified atom stereocenters. The molecule has 2 aromatic carbocycles. The van der Waals surface area contributed by atoms with Gasteiger partial charge in [-0.3, -0.25) is 0 Å². The molecule has 3 aromatic rings. The third-order valence-corrected chi connectivity index (χ3v) is 7.68. The summed E-state index contributed by atoms with van der Waals surface area (Å²) in [5, 5.41) is 27.5. The highest BCUT2D eigenvalue weighted by molar-refractivity contribution is 6.39. The van der Waals surface area contributed by atoms with Crippen LogP contribution in [0.15, 0.2) is 35.5 Å². The molecule has 0 saturated carbocycles. The summed E-state index contributed by atoms with van der Waals surface area (Å²) in [5.74, 6) is 4.04. The van der Waals surface area contributed by atoms with Gasteiger partial charge in [0, 0.05) is 0 Å². The molecule has 26 heteroatoms. The maximum atomic E-state index is 13.4. The average molecular weight is 848 g/mol. The topological polar surface area (TPSA) is 148 Å². The maximum absolute atomic E-state index is 13.4. The number of halogens is 16. The fourth-order valence-electron chi connectivity index (χ4n) is 4.41. The zero-order valence-electron chi connectivity index (χ0n) is 25.0. The number of rotatable bonds is 3. The van der Waals surface area contributed by atoms with Crippen LogP contribution in [0.3, 0.4) is 0 Å². The van der Waals surface area contributed by atoms with Crippen LogP contribution in [0.25, 0.3) is 5.69 Å². The van der Waals surface area contributed by atoms with Gasteiger partial charge in [-0.15, -0.1) is 5.12 Å². The molecule has 0 spiro atoms. The van der Waals surface area contributed by atoms with Crippen LogP contribution in [0.5, 0.6) is 0 Å². The van der Waals surface area contributed by atoms with Gasteiger partial charge in [0.2, 0.25) is 0 Å². The summed E-state index contributed by atoms with van der Waals surface area (Å²) in [5.41, 5.74) is -9.55. The second kappa shape index (κ2) is 15.0. The summed E-state index contributed by atoms with van der Waals surface area (Å²) < 4.78 is 161. The van der Waals surface area contributed by atoms with Gasteiger partial charge in [0.05, 0.1) is 55.7 Å². The standard InChI is InChI=1S/C14H8Cl2F6N4O2.C13H2Cl2F6N4/c1-28-12(27)9-6(4-23)11(14(20,21)22)26(24)25(9)10-7(15)2-5(3-8(10)16)13(17,18)19;14-7-1-5(12(16,17)18)2-8(15)10(7)25-9(4-23)6(3-22)11(24-25)13(19,20)21/h2-3,11H,24H2,1H3;1-2H. The largest absolute Gasteiger partial charge is 0.464 e.